The van der Waals surface area contributed by atoms with E-state index in [0.29, 0.717) is 11.3 Å². The van der Waals surface area contributed by atoms with Gasteiger partial charge in [0.05, 0.1) is 62.7 Å². The molecule has 0 atom stereocenters. The molecular weight excluding hydrogens is 671 g/mol. The lowest BCUT2D eigenvalue weighted by Gasteiger charge is -2.17. The minimum absolute atomic E-state index is 0.569. The van der Waals surface area contributed by atoms with Gasteiger partial charge in [0.1, 0.15) is 0 Å². The fourth-order valence-electron chi connectivity index (χ4n) is 8.81. The van der Waals surface area contributed by atoms with Crippen LogP contribution in [0.25, 0.3) is 98.5 Å². The van der Waals surface area contributed by atoms with Crippen molar-refractivity contribution < 1.29 is 0 Å². The first-order valence-corrected chi connectivity index (χ1v) is 18.3. The molecule has 0 radical (unpaired) electrons. The maximum absolute atomic E-state index is 10.1. The second-order valence-corrected chi connectivity index (χ2v) is 13.9. The van der Waals surface area contributed by atoms with Crippen LogP contribution in [0.1, 0.15) is 5.56 Å². The van der Waals surface area contributed by atoms with Crippen LogP contribution in [-0.2, 0) is 0 Å². The molecule has 0 amide bonds. The van der Waals surface area contributed by atoms with Gasteiger partial charge in [-0.05, 0) is 77.9 Å². The molecule has 0 bridgehead atoms. The van der Waals surface area contributed by atoms with E-state index in [0.717, 1.165) is 61.0 Å². The van der Waals surface area contributed by atoms with Gasteiger partial charge in [0, 0.05) is 38.0 Å². The quantitative estimate of drug-likeness (QED) is 0.169. The largest absolute Gasteiger partial charge is 0.309 e. The number of nitriles is 1. The molecule has 3 aromatic heterocycles. The van der Waals surface area contributed by atoms with Gasteiger partial charge in [-0.1, -0.05) is 109 Å². The lowest BCUT2D eigenvalue weighted by molar-refractivity contribution is 1.13. The van der Waals surface area contributed by atoms with E-state index in [-0.39, 0.29) is 0 Å². The molecule has 0 saturated heterocycles. The Morgan fingerprint density at radius 2 is 0.982 bits per heavy atom. The van der Waals surface area contributed by atoms with Gasteiger partial charge in [-0.2, -0.15) is 5.26 Å². The summed E-state index contributed by atoms with van der Waals surface area (Å²) in [6.45, 7) is 7.90. The van der Waals surface area contributed by atoms with Crippen LogP contribution >= 0.6 is 0 Å². The lowest BCUT2D eigenvalue weighted by atomic mass is 10.0. The highest BCUT2D eigenvalue weighted by Gasteiger charge is 2.21. The Morgan fingerprint density at radius 1 is 0.455 bits per heavy atom. The molecule has 0 aliphatic carbocycles. The zero-order valence-electron chi connectivity index (χ0n) is 29.5. The molecule has 0 N–H and O–H groups in total. The molecule has 11 rings (SSSR count). The third kappa shape index (κ3) is 4.39. The molecule has 8 aromatic carbocycles. The zero-order valence-corrected chi connectivity index (χ0v) is 29.5. The normalized spacial score (nSPS) is 11.6. The first-order valence-electron chi connectivity index (χ1n) is 18.3. The average Bonchev–Trinajstić information content (AvgIpc) is 3.89. The number of para-hydroxylation sites is 5. The SMILES string of the molecule is [C-]#[N+]c1ccc(-n2c3ccccc3c3c(C#N)cccc32)c(-c2ccc(-n3c4ccccc4c4cccc(-n5c6ccccc6c6ccccc65)c43)cc2)c1. The molecule has 0 aliphatic rings. The molecule has 5 heteroatoms. The molecule has 0 unspecified atom stereocenters. The Kier molecular flexibility index (Phi) is 6.61. The van der Waals surface area contributed by atoms with Gasteiger partial charge in [0.2, 0.25) is 0 Å². The van der Waals surface area contributed by atoms with E-state index in [9.17, 15) is 5.26 Å². The van der Waals surface area contributed by atoms with Gasteiger partial charge in [-0.15, -0.1) is 0 Å². The van der Waals surface area contributed by atoms with Crippen molar-refractivity contribution in [2.75, 3.05) is 0 Å². The lowest BCUT2D eigenvalue weighted by Crippen LogP contribution is -2.01. The van der Waals surface area contributed by atoms with Gasteiger partial charge >= 0.3 is 0 Å². The number of rotatable bonds is 4. The van der Waals surface area contributed by atoms with Gasteiger partial charge in [0.15, 0.2) is 5.69 Å². The van der Waals surface area contributed by atoms with Crippen LogP contribution < -0.4 is 0 Å². The van der Waals surface area contributed by atoms with Crippen molar-refractivity contribution in [3.8, 4) is 34.3 Å². The monoisotopic (exact) mass is 699 g/mol. The van der Waals surface area contributed by atoms with Crippen molar-refractivity contribution in [2.24, 2.45) is 0 Å². The summed E-state index contributed by atoms with van der Waals surface area (Å²) < 4.78 is 7.02. The number of benzene rings is 8. The molecule has 0 fully saturated rings. The van der Waals surface area contributed by atoms with Gasteiger partial charge in [-0.3, -0.25) is 0 Å². The Labute approximate surface area is 316 Å². The Balaban J connectivity index is 1.15. The molecule has 11 aromatic rings. The van der Waals surface area contributed by atoms with E-state index in [2.05, 4.69) is 158 Å². The summed E-state index contributed by atoms with van der Waals surface area (Å²) in [4.78, 5) is 3.83. The van der Waals surface area contributed by atoms with Crippen LogP contribution in [0.5, 0.6) is 0 Å². The van der Waals surface area contributed by atoms with Crippen molar-refractivity contribution in [2.45, 2.75) is 0 Å². The minimum Gasteiger partial charge on any atom is -0.309 e. The summed E-state index contributed by atoms with van der Waals surface area (Å²) >= 11 is 0. The second-order valence-electron chi connectivity index (χ2n) is 13.9. The van der Waals surface area contributed by atoms with E-state index in [4.69, 9.17) is 6.57 Å². The summed E-state index contributed by atoms with van der Waals surface area (Å²) in [5.41, 5.74) is 12.8. The van der Waals surface area contributed by atoms with Crippen LogP contribution in [0.4, 0.5) is 5.69 Å². The van der Waals surface area contributed by atoms with E-state index in [1.54, 1.807) is 0 Å². The molecule has 3 heterocycles. The first-order chi connectivity index (χ1) is 27.2. The second kappa shape index (κ2) is 11.8. The van der Waals surface area contributed by atoms with Crippen molar-refractivity contribution >= 4 is 71.1 Å². The molecule has 254 valence electrons. The van der Waals surface area contributed by atoms with Crippen molar-refractivity contribution in [1.29, 1.82) is 5.26 Å². The Morgan fingerprint density at radius 3 is 1.64 bits per heavy atom. The van der Waals surface area contributed by atoms with Crippen molar-refractivity contribution in [1.82, 2.24) is 13.7 Å². The predicted octanol–water partition coefficient (Wildman–Crippen LogP) is 13.1. The van der Waals surface area contributed by atoms with Crippen LogP contribution in [0.2, 0.25) is 0 Å². The van der Waals surface area contributed by atoms with Crippen LogP contribution in [0.15, 0.2) is 176 Å². The number of hydrogen-bond acceptors (Lipinski definition) is 1. The number of fused-ring (bicyclic) bond motifs is 9. The third-order valence-corrected chi connectivity index (χ3v) is 11.1. The summed E-state index contributed by atoms with van der Waals surface area (Å²) in [5.74, 6) is 0. The number of nitrogens with zero attached hydrogens (tertiary/aromatic N) is 5. The maximum Gasteiger partial charge on any atom is 0.188 e. The molecular formula is C50H29N5. The average molecular weight is 700 g/mol. The van der Waals surface area contributed by atoms with E-state index in [1.807, 2.05) is 42.5 Å². The Hall–Kier alpha value is -7.86. The van der Waals surface area contributed by atoms with Gasteiger partial charge in [-0.25, -0.2) is 4.85 Å². The predicted molar refractivity (Wildman–Crippen MR) is 226 cm³/mol. The Bertz CT molecular complexity index is 3400. The van der Waals surface area contributed by atoms with Crippen LogP contribution in [0.3, 0.4) is 0 Å². The van der Waals surface area contributed by atoms with Crippen molar-refractivity contribution in [3.05, 3.63) is 193 Å². The van der Waals surface area contributed by atoms with E-state index in [1.165, 1.54) is 32.6 Å². The van der Waals surface area contributed by atoms with E-state index >= 15 is 0 Å². The number of aromatic nitrogens is 3. The molecule has 0 saturated carbocycles. The smallest absolute Gasteiger partial charge is 0.188 e. The molecule has 5 nitrogen and oxygen atoms in total. The highest BCUT2D eigenvalue weighted by Crippen LogP contribution is 2.42. The minimum atomic E-state index is 0.569. The van der Waals surface area contributed by atoms with Gasteiger partial charge in [0.25, 0.3) is 0 Å². The van der Waals surface area contributed by atoms with Crippen molar-refractivity contribution in [3.63, 3.8) is 0 Å². The third-order valence-electron chi connectivity index (χ3n) is 11.1. The molecule has 0 aliphatic heterocycles. The first kappa shape index (κ1) is 30.7. The van der Waals surface area contributed by atoms with Crippen LogP contribution in [0, 0.1) is 17.9 Å². The summed E-state index contributed by atoms with van der Waals surface area (Å²) in [5, 5.41) is 16.9. The highest BCUT2D eigenvalue weighted by molar-refractivity contribution is 6.15. The standard InChI is InChI=1S/C50H29N5/c1-52-34-26-29-46(54-45-21-9-5-16-40(45)49-33(31-51)12-10-22-47(49)54)41(30-34)32-24-27-35(28-25-32)53-42-18-6-4-15-38(42)39-17-11-23-48(50(39)53)55-43-19-7-2-13-36(43)37-14-3-8-20-44(37)55/h2-30H. The molecule has 0 spiro atoms. The topological polar surface area (TPSA) is 42.9 Å². The summed E-state index contributed by atoms with van der Waals surface area (Å²) in [7, 11) is 0. The highest BCUT2D eigenvalue weighted by atomic mass is 15.1. The summed E-state index contributed by atoms with van der Waals surface area (Å²) in [6, 6.07) is 63.7. The maximum atomic E-state index is 10.1. The summed E-state index contributed by atoms with van der Waals surface area (Å²) in [6.07, 6.45) is 0. The fraction of sp³-hybridized carbons (Fsp3) is 0. The number of hydrogen-bond donors (Lipinski definition) is 0. The van der Waals surface area contributed by atoms with Crippen LogP contribution in [-0.4, -0.2) is 13.7 Å². The fourth-order valence-corrected chi connectivity index (χ4v) is 8.81. The van der Waals surface area contributed by atoms with E-state index < -0.39 is 0 Å². The van der Waals surface area contributed by atoms with Gasteiger partial charge < -0.3 is 13.7 Å². The molecule has 55 heavy (non-hydrogen) atoms. The zero-order chi connectivity index (χ0) is 36.6.